The first-order valence-corrected chi connectivity index (χ1v) is 5.77. The van der Waals surface area contributed by atoms with Crippen LogP contribution in [0, 0.1) is 10.1 Å². The summed E-state index contributed by atoms with van der Waals surface area (Å²) in [5.74, 6) is -0.597. The summed E-state index contributed by atoms with van der Waals surface area (Å²) in [6, 6.07) is 3.45. The third-order valence-corrected chi connectivity index (χ3v) is 3.15. The topological polar surface area (TPSA) is 78.0 Å². The SMILES string of the molecule is O=C(Cn1cc(Cl)c([N+](=O)[O-])n1)c1cccs1. The van der Waals surface area contributed by atoms with Crippen LogP contribution in [0.5, 0.6) is 0 Å². The average Bonchev–Trinajstić information content (AvgIpc) is 2.86. The molecular formula is C9H6ClN3O3S. The Morgan fingerprint density at radius 1 is 1.65 bits per heavy atom. The number of aromatic nitrogens is 2. The maximum Gasteiger partial charge on any atom is 0.408 e. The first-order chi connectivity index (χ1) is 8.08. The zero-order chi connectivity index (χ0) is 12.4. The highest BCUT2D eigenvalue weighted by Gasteiger charge is 2.20. The monoisotopic (exact) mass is 271 g/mol. The normalized spacial score (nSPS) is 10.4. The summed E-state index contributed by atoms with van der Waals surface area (Å²) in [6.07, 6.45) is 1.27. The number of carbonyl (C=O) groups is 1. The van der Waals surface area contributed by atoms with Crippen molar-refractivity contribution >= 4 is 34.5 Å². The number of carbonyl (C=O) groups excluding carboxylic acids is 1. The maximum absolute atomic E-state index is 11.7. The summed E-state index contributed by atoms with van der Waals surface area (Å²) >= 11 is 6.92. The van der Waals surface area contributed by atoms with E-state index in [-0.39, 0.29) is 17.4 Å². The van der Waals surface area contributed by atoms with Crippen molar-refractivity contribution < 1.29 is 9.72 Å². The molecule has 0 spiro atoms. The first kappa shape index (κ1) is 11.7. The van der Waals surface area contributed by atoms with Crippen molar-refractivity contribution in [1.82, 2.24) is 9.78 Å². The largest absolute Gasteiger partial charge is 0.408 e. The van der Waals surface area contributed by atoms with Crippen molar-refractivity contribution in [3.8, 4) is 0 Å². The second kappa shape index (κ2) is 4.64. The van der Waals surface area contributed by atoms with E-state index < -0.39 is 10.7 Å². The van der Waals surface area contributed by atoms with E-state index in [0.717, 1.165) is 0 Å². The van der Waals surface area contributed by atoms with Crippen molar-refractivity contribution in [3.05, 3.63) is 43.7 Å². The predicted molar refractivity (Wildman–Crippen MR) is 62.5 cm³/mol. The van der Waals surface area contributed by atoms with Crippen LogP contribution in [0.2, 0.25) is 5.02 Å². The van der Waals surface area contributed by atoms with Gasteiger partial charge in [0, 0.05) is 0 Å². The highest BCUT2D eigenvalue weighted by atomic mass is 35.5. The number of halogens is 1. The van der Waals surface area contributed by atoms with Crippen molar-refractivity contribution in [2.24, 2.45) is 0 Å². The lowest BCUT2D eigenvalue weighted by Crippen LogP contribution is -2.09. The molecule has 0 aliphatic rings. The minimum atomic E-state index is -0.686. The molecule has 6 nitrogen and oxygen atoms in total. The van der Waals surface area contributed by atoms with Crippen molar-refractivity contribution in [1.29, 1.82) is 0 Å². The van der Waals surface area contributed by atoms with Crippen LogP contribution in [0.3, 0.4) is 0 Å². The second-order valence-electron chi connectivity index (χ2n) is 3.16. The molecule has 0 aliphatic carbocycles. The van der Waals surface area contributed by atoms with E-state index in [1.807, 2.05) is 0 Å². The van der Waals surface area contributed by atoms with Gasteiger partial charge in [-0.05, 0) is 16.4 Å². The van der Waals surface area contributed by atoms with Crippen LogP contribution in [0.15, 0.2) is 23.7 Å². The van der Waals surface area contributed by atoms with E-state index in [1.54, 1.807) is 17.5 Å². The van der Waals surface area contributed by atoms with E-state index in [9.17, 15) is 14.9 Å². The Morgan fingerprint density at radius 2 is 2.41 bits per heavy atom. The van der Waals surface area contributed by atoms with Crippen LogP contribution in [0.4, 0.5) is 5.82 Å². The summed E-state index contributed by atoms with van der Waals surface area (Å²) in [4.78, 5) is 22.1. The quantitative estimate of drug-likeness (QED) is 0.486. The number of nitrogens with zero attached hydrogens (tertiary/aromatic N) is 3. The van der Waals surface area contributed by atoms with Gasteiger partial charge in [-0.15, -0.1) is 11.3 Å². The van der Waals surface area contributed by atoms with Crippen molar-refractivity contribution in [2.45, 2.75) is 6.54 Å². The van der Waals surface area contributed by atoms with Crippen molar-refractivity contribution in [2.75, 3.05) is 0 Å². The summed E-state index contributed by atoms with van der Waals surface area (Å²) in [7, 11) is 0. The van der Waals surface area contributed by atoms with Crippen LogP contribution in [-0.2, 0) is 6.54 Å². The van der Waals surface area contributed by atoms with Gasteiger partial charge in [0.1, 0.15) is 6.54 Å². The maximum atomic E-state index is 11.7. The minimum absolute atomic E-state index is 0.0614. The Morgan fingerprint density at radius 3 is 2.94 bits per heavy atom. The molecule has 0 aliphatic heterocycles. The number of thiophene rings is 1. The van der Waals surface area contributed by atoms with E-state index in [4.69, 9.17) is 11.6 Å². The number of nitro groups is 1. The van der Waals surface area contributed by atoms with Gasteiger partial charge in [-0.2, -0.15) is 4.68 Å². The predicted octanol–water partition coefficient (Wildman–Crippen LogP) is 2.39. The lowest BCUT2D eigenvalue weighted by Gasteiger charge is -1.93. The summed E-state index contributed by atoms with van der Waals surface area (Å²) in [6.45, 7) is -0.0614. The zero-order valence-corrected chi connectivity index (χ0v) is 9.94. The van der Waals surface area contributed by atoms with E-state index >= 15 is 0 Å². The molecule has 0 amide bonds. The molecule has 0 fully saturated rings. The van der Waals surface area contributed by atoms with Gasteiger partial charge in [-0.3, -0.25) is 4.79 Å². The Bertz CT molecular complexity index is 564. The fraction of sp³-hybridized carbons (Fsp3) is 0.111. The first-order valence-electron chi connectivity index (χ1n) is 4.52. The lowest BCUT2D eigenvalue weighted by molar-refractivity contribution is -0.389. The third-order valence-electron chi connectivity index (χ3n) is 1.97. The Kier molecular flexibility index (Phi) is 3.21. The summed E-state index contributed by atoms with van der Waals surface area (Å²) in [5, 5.41) is 15.8. The van der Waals surface area contributed by atoms with Gasteiger partial charge in [0.2, 0.25) is 0 Å². The molecule has 0 N–H and O–H groups in total. The molecule has 17 heavy (non-hydrogen) atoms. The highest BCUT2D eigenvalue weighted by molar-refractivity contribution is 7.12. The molecule has 2 aromatic heterocycles. The van der Waals surface area contributed by atoms with Crippen LogP contribution >= 0.6 is 22.9 Å². The molecule has 0 unspecified atom stereocenters. The van der Waals surface area contributed by atoms with E-state index in [0.29, 0.717) is 4.88 Å². The van der Waals surface area contributed by atoms with Gasteiger partial charge >= 0.3 is 5.82 Å². The molecule has 2 aromatic rings. The van der Waals surface area contributed by atoms with Gasteiger partial charge in [0.15, 0.2) is 10.8 Å². The third kappa shape index (κ3) is 2.51. The summed E-state index contributed by atoms with van der Waals surface area (Å²) < 4.78 is 1.17. The van der Waals surface area contributed by atoms with Gasteiger partial charge < -0.3 is 10.1 Å². The number of Topliss-reactive ketones (excluding diaryl/α,β-unsaturated/α-hetero) is 1. The molecule has 0 radical (unpaired) electrons. The molecular weight excluding hydrogens is 266 g/mol. The standard InChI is InChI=1S/C9H6ClN3O3S/c10-6-4-12(11-9(6)13(15)16)5-7(14)8-2-1-3-17-8/h1-4H,5H2. The Hall–Kier alpha value is -1.73. The Labute approximate surface area is 105 Å². The van der Waals surface area contributed by atoms with Crippen LogP contribution in [0.25, 0.3) is 0 Å². The van der Waals surface area contributed by atoms with Crippen LogP contribution in [-0.4, -0.2) is 20.5 Å². The number of ketones is 1. The lowest BCUT2D eigenvalue weighted by atomic mass is 10.3. The fourth-order valence-corrected chi connectivity index (χ4v) is 2.13. The van der Waals surface area contributed by atoms with Gasteiger partial charge in [-0.1, -0.05) is 17.7 Å². The van der Waals surface area contributed by atoms with E-state index in [1.165, 1.54) is 22.2 Å². The highest BCUT2D eigenvalue weighted by Crippen LogP contribution is 2.21. The van der Waals surface area contributed by atoms with Crippen LogP contribution < -0.4 is 0 Å². The molecule has 0 saturated heterocycles. The molecule has 0 aromatic carbocycles. The smallest absolute Gasteiger partial charge is 0.358 e. The van der Waals surface area contributed by atoms with Crippen LogP contribution in [0.1, 0.15) is 9.67 Å². The fourth-order valence-electron chi connectivity index (χ4n) is 1.25. The second-order valence-corrected chi connectivity index (χ2v) is 4.51. The number of rotatable bonds is 4. The Balaban J connectivity index is 2.17. The molecule has 2 rings (SSSR count). The van der Waals surface area contributed by atoms with Gasteiger partial charge in [0.25, 0.3) is 0 Å². The number of hydrogen-bond donors (Lipinski definition) is 0. The molecule has 88 valence electrons. The molecule has 8 heteroatoms. The summed E-state index contributed by atoms with van der Waals surface area (Å²) in [5.41, 5.74) is 0. The average molecular weight is 272 g/mol. The zero-order valence-electron chi connectivity index (χ0n) is 8.37. The molecule has 0 bridgehead atoms. The number of hydrogen-bond acceptors (Lipinski definition) is 5. The molecule has 0 saturated carbocycles. The minimum Gasteiger partial charge on any atom is -0.358 e. The van der Waals surface area contributed by atoms with E-state index in [2.05, 4.69) is 5.10 Å². The molecule has 2 heterocycles. The van der Waals surface area contributed by atoms with Gasteiger partial charge in [0.05, 0.1) is 16.2 Å². The van der Waals surface area contributed by atoms with Gasteiger partial charge in [-0.25, -0.2) is 0 Å². The van der Waals surface area contributed by atoms with Crippen molar-refractivity contribution in [3.63, 3.8) is 0 Å². The molecule has 0 atom stereocenters.